The topological polar surface area (TPSA) is 77.6 Å². The first-order valence-electron chi connectivity index (χ1n) is 9.87. The van der Waals surface area contributed by atoms with Gasteiger partial charge in [0.25, 0.3) is 5.91 Å². The van der Waals surface area contributed by atoms with Crippen LogP contribution in [0.25, 0.3) is 17.2 Å². The number of nitrogens with zero attached hydrogens (tertiary/aromatic N) is 5. The van der Waals surface area contributed by atoms with Crippen LogP contribution in [0.4, 0.5) is 5.82 Å². The standard InChI is InChI=1S/C23H24N6O/c1-15(2)29-14-24-27-22(29)19-7-5-9-21(25-19)26-23(30)20-8-6-12-28(20)18-11-10-16(3)17(4)13-18/h5-15H,1-4H3,(H,25,26,30). The van der Waals surface area contributed by atoms with Crippen molar-refractivity contribution in [3.8, 4) is 17.2 Å². The molecule has 3 aromatic heterocycles. The van der Waals surface area contributed by atoms with E-state index in [1.807, 2.05) is 39.6 Å². The lowest BCUT2D eigenvalue weighted by molar-refractivity contribution is 0.102. The lowest BCUT2D eigenvalue weighted by atomic mass is 10.1. The van der Waals surface area contributed by atoms with Gasteiger partial charge in [0, 0.05) is 17.9 Å². The predicted octanol–water partition coefficient (Wildman–Crippen LogP) is 4.58. The highest BCUT2D eigenvalue weighted by atomic mass is 16.2. The van der Waals surface area contributed by atoms with Crippen molar-refractivity contribution in [1.82, 2.24) is 24.3 Å². The van der Waals surface area contributed by atoms with E-state index in [0.717, 1.165) is 5.69 Å². The highest BCUT2D eigenvalue weighted by Crippen LogP contribution is 2.21. The molecule has 4 aromatic rings. The summed E-state index contributed by atoms with van der Waals surface area (Å²) in [7, 11) is 0. The minimum absolute atomic E-state index is 0.205. The first-order chi connectivity index (χ1) is 14.4. The van der Waals surface area contributed by atoms with Crippen molar-refractivity contribution < 1.29 is 4.79 Å². The van der Waals surface area contributed by atoms with E-state index in [9.17, 15) is 4.79 Å². The second kappa shape index (κ2) is 7.94. The van der Waals surface area contributed by atoms with E-state index in [0.29, 0.717) is 23.0 Å². The maximum atomic E-state index is 13.0. The molecule has 1 amide bonds. The van der Waals surface area contributed by atoms with Crippen molar-refractivity contribution in [3.05, 3.63) is 77.9 Å². The lowest BCUT2D eigenvalue weighted by Gasteiger charge is -2.12. The number of pyridine rings is 1. The number of anilines is 1. The highest BCUT2D eigenvalue weighted by Gasteiger charge is 2.15. The minimum atomic E-state index is -0.229. The van der Waals surface area contributed by atoms with Gasteiger partial charge in [0.15, 0.2) is 5.82 Å². The van der Waals surface area contributed by atoms with Gasteiger partial charge in [0.2, 0.25) is 0 Å². The summed E-state index contributed by atoms with van der Waals surface area (Å²) in [6, 6.07) is 15.5. The summed E-state index contributed by atoms with van der Waals surface area (Å²) in [5.74, 6) is 0.899. The van der Waals surface area contributed by atoms with E-state index in [2.05, 4.69) is 60.3 Å². The van der Waals surface area contributed by atoms with Gasteiger partial charge in [-0.05, 0) is 75.2 Å². The first kappa shape index (κ1) is 19.6. The molecule has 0 bridgehead atoms. The molecule has 3 heterocycles. The van der Waals surface area contributed by atoms with E-state index < -0.39 is 0 Å². The average Bonchev–Trinajstić information content (AvgIpc) is 3.40. The highest BCUT2D eigenvalue weighted by molar-refractivity contribution is 6.03. The summed E-state index contributed by atoms with van der Waals surface area (Å²) in [4.78, 5) is 17.6. The molecule has 1 aromatic carbocycles. The Hall–Kier alpha value is -3.74. The minimum Gasteiger partial charge on any atom is -0.312 e. The van der Waals surface area contributed by atoms with Gasteiger partial charge in [0.1, 0.15) is 23.5 Å². The van der Waals surface area contributed by atoms with Gasteiger partial charge in [-0.3, -0.25) is 4.79 Å². The molecular weight excluding hydrogens is 376 g/mol. The van der Waals surface area contributed by atoms with Gasteiger partial charge < -0.3 is 14.5 Å². The molecule has 0 aliphatic rings. The van der Waals surface area contributed by atoms with Crippen LogP contribution in [0.15, 0.2) is 61.1 Å². The first-order valence-corrected chi connectivity index (χ1v) is 9.87. The number of nitrogens with one attached hydrogen (secondary N) is 1. The molecule has 7 nitrogen and oxygen atoms in total. The third-order valence-electron chi connectivity index (χ3n) is 5.10. The average molecular weight is 400 g/mol. The van der Waals surface area contributed by atoms with Crippen molar-refractivity contribution in [2.45, 2.75) is 33.7 Å². The van der Waals surface area contributed by atoms with Crippen LogP contribution in [0.2, 0.25) is 0 Å². The smallest absolute Gasteiger partial charge is 0.273 e. The number of hydrogen-bond acceptors (Lipinski definition) is 4. The van der Waals surface area contributed by atoms with Crippen LogP contribution in [-0.4, -0.2) is 30.2 Å². The van der Waals surface area contributed by atoms with Crippen LogP contribution in [0.5, 0.6) is 0 Å². The van der Waals surface area contributed by atoms with Crippen molar-refractivity contribution in [2.24, 2.45) is 0 Å². The Bertz CT molecular complexity index is 1200. The van der Waals surface area contributed by atoms with E-state index in [1.54, 1.807) is 18.5 Å². The molecule has 0 radical (unpaired) electrons. The number of aryl methyl sites for hydroxylation is 2. The van der Waals surface area contributed by atoms with Crippen molar-refractivity contribution >= 4 is 11.7 Å². The molecule has 4 rings (SSSR count). The Kier molecular flexibility index (Phi) is 5.18. The largest absolute Gasteiger partial charge is 0.312 e. The van der Waals surface area contributed by atoms with E-state index in [1.165, 1.54) is 11.1 Å². The molecule has 152 valence electrons. The van der Waals surface area contributed by atoms with E-state index in [4.69, 9.17) is 0 Å². The van der Waals surface area contributed by atoms with Crippen LogP contribution in [0.1, 0.15) is 41.5 Å². The summed E-state index contributed by atoms with van der Waals surface area (Å²) in [6.45, 7) is 8.24. The normalized spacial score (nSPS) is 11.1. The number of aromatic nitrogens is 5. The maximum absolute atomic E-state index is 13.0. The van der Waals surface area contributed by atoms with Gasteiger partial charge in [-0.2, -0.15) is 0 Å². The second-order valence-corrected chi connectivity index (χ2v) is 7.55. The zero-order valence-corrected chi connectivity index (χ0v) is 17.5. The number of rotatable bonds is 5. The quantitative estimate of drug-likeness (QED) is 0.532. The third kappa shape index (κ3) is 3.74. The van der Waals surface area contributed by atoms with Crippen LogP contribution in [0, 0.1) is 13.8 Å². The fourth-order valence-electron chi connectivity index (χ4n) is 3.28. The molecule has 0 aliphatic carbocycles. The molecule has 0 saturated heterocycles. The Morgan fingerprint density at radius 2 is 1.87 bits per heavy atom. The molecule has 0 aliphatic heterocycles. The Labute approximate surface area is 175 Å². The van der Waals surface area contributed by atoms with Gasteiger partial charge in [0.05, 0.1) is 0 Å². The summed E-state index contributed by atoms with van der Waals surface area (Å²) < 4.78 is 3.82. The van der Waals surface area contributed by atoms with Crippen molar-refractivity contribution in [1.29, 1.82) is 0 Å². The molecule has 30 heavy (non-hydrogen) atoms. The zero-order valence-electron chi connectivity index (χ0n) is 17.5. The summed E-state index contributed by atoms with van der Waals surface area (Å²) in [6.07, 6.45) is 3.57. The third-order valence-corrected chi connectivity index (χ3v) is 5.10. The Morgan fingerprint density at radius 3 is 2.63 bits per heavy atom. The lowest BCUT2D eigenvalue weighted by Crippen LogP contribution is -2.17. The molecule has 7 heteroatoms. The molecule has 0 unspecified atom stereocenters. The number of amides is 1. The maximum Gasteiger partial charge on any atom is 0.273 e. The molecule has 0 atom stereocenters. The summed E-state index contributed by atoms with van der Waals surface area (Å²) >= 11 is 0. The molecule has 1 N–H and O–H groups in total. The molecule has 0 saturated carbocycles. The van der Waals surface area contributed by atoms with Gasteiger partial charge >= 0.3 is 0 Å². The van der Waals surface area contributed by atoms with Crippen LogP contribution >= 0.6 is 0 Å². The fraction of sp³-hybridized carbons (Fsp3) is 0.217. The Morgan fingerprint density at radius 1 is 1.03 bits per heavy atom. The predicted molar refractivity (Wildman–Crippen MR) is 117 cm³/mol. The second-order valence-electron chi connectivity index (χ2n) is 7.55. The number of carbonyl (C=O) groups is 1. The summed E-state index contributed by atoms with van der Waals surface area (Å²) in [5, 5.41) is 11.1. The number of carbonyl (C=O) groups excluding carboxylic acids is 1. The number of hydrogen-bond donors (Lipinski definition) is 1. The van der Waals surface area contributed by atoms with Crippen LogP contribution in [0.3, 0.4) is 0 Å². The molecular formula is C23H24N6O. The van der Waals surface area contributed by atoms with Gasteiger partial charge in [-0.15, -0.1) is 10.2 Å². The van der Waals surface area contributed by atoms with Crippen molar-refractivity contribution in [2.75, 3.05) is 5.32 Å². The van der Waals surface area contributed by atoms with E-state index >= 15 is 0 Å². The SMILES string of the molecule is Cc1ccc(-n2cccc2C(=O)Nc2cccc(-c3nncn3C(C)C)n2)cc1C. The zero-order chi connectivity index (χ0) is 21.3. The Balaban J connectivity index is 1.61. The number of benzene rings is 1. The molecule has 0 fully saturated rings. The van der Waals surface area contributed by atoms with Gasteiger partial charge in [-0.25, -0.2) is 4.98 Å². The van der Waals surface area contributed by atoms with Crippen LogP contribution in [-0.2, 0) is 0 Å². The van der Waals surface area contributed by atoms with Crippen LogP contribution < -0.4 is 5.32 Å². The fourth-order valence-corrected chi connectivity index (χ4v) is 3.28. The summed E-state index contributed by atoms with van der Waals surface area (Å²) in [5.41, 5.74) is 4.53. The van der Waals surface area contributed by atoms with E-state index in [-0.39, 0.29) is 11.9 Å². The monoisotopic (exact) mass is 400 g/mol. The van der Waals surface area contributed by atoms with Crippen molar-refractivity contribution in [3.63, 3.8) is 0 Å². The molecule has 0 spiro atoms. The van der Waals surface area contributed by atoms with Gasteiger partial charge in [-0.1, -0.05) is 12.1 Å².